The summed E-state index contributed by atoms with van der Waals surface area (Å²) < 4.78 is 2.10. The van der Waals surface area contributed by atoms with Crippen molar-refractivity contribution >= 4 is 34.4 Å². The normalized spacial score (nSPS) is 11.2. The third kappa shape index (κ3) is 3.68. The quantitative estimate of drug-likeness (QED) is 0.437. The van der Waals surface area contributed by atoms with Crippen LogP contribution in [0.25, 0.3) is 22.4 Å². The van der Waals surface area contributed by atoms with Gasteiger partial charge in [0.25, 0.3) is 0 Å². The van der Waals surface area contributed by atoms with Gasteiger partial charge in [-0.2, -0.15) is 0 Å². The van der Waals surface area contributed by atoms with Gasteiger partial charge >= 0.3 is 0 Å². The van der Waals surface area contributed by atoms with Crippen molar-refractivity contribution in [3.05, 3.63) is 64.9 Å². The van der Waals surface area contributed by atoms with Crippen molar-refractivity contribution < 1.29 is 0 Å². The smallest absolute Gasteiger partial charge is 0.191 e. The summed E-state index contributed by atoms with van der Waals surface area (Å²) in [5.41, 5.74) is 4.71. The van der Waals surface area contributed by atoms with E-state index in [2.05, 4.69) is 26.7 Å². The first-order valence-corrected chi connectivity index (χ1v) is 10.1. The van der Waals surface area contributed by atoms with Crippen molar-refractivity contribution in [3.8, 4) is 11.4 Å². The molecule has 27 heavy (non-hydrogen) atoms. The summed E-state index contributed by atoms with van der Waals surface area (Å²) in [6.07, 6.45) is 0. The molecule has 2 aromatic heterocycles. The maximum Gasteiger partial charge on any atom is 0.191 e. The molecule has 136 valence electrons. The maximum atomic E-state index is 6.13. The monoisotopic (exact) mass is 395 g/mol. The summed E-state index contributed by atoms with van der Waals surface area (Å²) in [6, 6.07) is 15.6. The van der Waals surface area contributed by atoms with Crippen molar-refractivity contribution in [1.29, 1.82) is 0 Å². The summed E-state index contributed by atoms with van der Waals surface area (Å²) >= 11 is 7.75. The molecule has 0 aliphatic rings. The Balaban J connectivity index is 1.61. The molecule has 4 rings (SSSR count). The van der Waals surface area contributed by atoms with Crippen molar-refractivity contribution in [2.24, 2.45) is 0 Å². The highest BCUT2D eigenvalue weighted by Crippen LogP contribution is 2.28. The van der Waals surface area contributed by atoms with E-state index in [0.717, 1.165) is 45.5 Å². The molecule has 5 nitrogen and oxygen atoms in total. The van der Waals surface area contributed by atoms with E-state index < -0.39 is 0 Å². The van der Waals surface area contributed by atoms with E-state index in [-0.39, 0.29) is 0 Å². The van der Waals surface area contributed by atoms with Gasteiger partial charge in [-0.1, -0.05) is 47.6 Å². The van der Waals surface area contributed by atoms with Crippen LogP contribution in [0.15, 0.2) is 53.7 Å². The van der Waals surface area contributed by atoms with Crippen molar-refractivity contribution in [2.75, 3.05) is 0 Å². The fraction of sp³-hybridized carbons (Fsp3) is 0.200. The van der Waals surface area contributed by atoms with Crippen LogP contribution in [0.3, 0.4) is 0 Å². The number of aromatic nitrogens is 5. The molecule has 2 heterocycles. The SMILES string of the molecule is CCn1c(SCc2nc3ccccc3nc2C)nnc1-c1cccc(Cl)c1. The predicted octanol–water partition coefficient (Wildman–Crippen LogP) is 5.16. The molecule has 0 N–H and O–H groups in total. The van der Waals surface area contributed by atoms with Crippen LogP contribution < -0.4 is 0 Å². The van der Waals surface area contributed by atoms with Gasteiger partial charge in [-0.15, -0.1) is 10.2 Å². The van der Waals surface area contributed by atoms with E-state index in [4.69, 9.17) is 16.6 Å². The predicted molar refractivity (Wildman–Crippen MR) is 110 cm³/mol. The fourth-order valence-electron chi connectivity index (χ4n) is 2.92. The molecule has 0 spiro atoms. The lowest BCUT2D eigenvalue weighted by Gasteiger charge is -2.09. The van der Waals surface area contributed by atoms with Gasteiger partial charge in [-0.3, -0.25) is 0 Å². The van der Waals surface area contributed by atoms with Gasteiger partial charge in [-0.25, -0.2) is 9.97 Å². The molecule has 4 aromatic rings. The third-order valence-corrected chi connectivity index (χ3v) is 5.51. The van der Waals surface area contributed by atoms with Crippen LogP contribution >= 0.6 is 23.4 Å². The van der Waals surface area contributed by atoms with Gasteiger partial charge < -0.3 is 4.57 Å². The molecule has 0 fully saturated rings. The molecule has 2 aromatic carbocycles. The first kappa shape index (κ1) is 17.9. The largest absolute Gasteiger partial charge is 0.302 e. The maximum absolute atomic E-state index is 6.13. The van der Waals surface area contributed by atoms with Crippen molar-refractivity contribution in [3.63, 3.8) is 0 Å². The molecule has 0 aliphatic carbocycles. The molecular weight excluding hydrogens is 378 g/mol. The number of rotatable bonds is 5. The van der Waals surface area contributed by atoms with E-state index in [9.17, 15) is 0 Å². The number of halogens is 1. The number of hydrogen-bond acceptors (Lipinski definition) is 5. The second-order valence-corrected chi connectivity index (χ2v) is 7.47. The highest BCUT2D eigenvalue weighted by molar-refractivity contribution is 7.98. The van der Waals surface area contributed by atoms with E-state index >= 15 is 0 Å². The average Bonchev–Trinajstić information content (AvgIpc) is 3.09. The minimum Gasteiger partial charge on any atom is -0.302 e. The average molecular weight is 396 g/mol. The molecule has 0 aliphatic heterocycles. The number of thioether (sulfide) groups is 1. The van der Waals surface area contributed by atoms with Crippen LogP contribution in [-0.4, -0.2) is 24.7 Å². The lowest BCUT2D eigenvalue weighted by molar-refractivity contribution is 0.687. The zero-order valence-corrected chi connectivity index (χ0v) is 16.6. The molecule has 0 saturated carbocycles. The minimum absolute atomic E-state index is 0.689. The van der Waals surface area contributed by atoms with Crippen LogP contribution in [0.5, 0.6) is 0 Å². The molecule has 0 radical (unpaired) electrons. The summed E-state index contributed by atoms with van der Waals surface area (Å²) in [7, 11) is 0. The van der Waals surface area contributed by atoms with Gasteiger partial charge in [0.15, 0.2) is 11.0 Å². The Morgan fingerprint density at radius 3 is 2.52 bits per heavy atom. The van der Waals surface area contributed by atoms with Gasteiger partial charge in [0.2, 0.25) is 0 Å². The lowest BCUT2D eigenvalue weighted by Crippen LogP contribution is -2.01. The van der Waals surface area contributed by atoms with Crippen LogP contribution in [0.4, 0.5) is 0 Å². The standard InChI is InChI=1S/C20H18ClN5S/c1-3-26-19(14-7-6-8-15(21)11-14)24-25-20(26)27-12-18-13(2)22-16-9-4-5-10-17(16)23-18/h4-11H,3,12H2,1-2H3. The van der Waals surface area contributed by atoms with Gasteiger partial charge in [0.1, 0.15) is 0 Å². The molecule has 0 amide bonds. The Morgan fingerprint density at radius 2 is 1.78 bits per heavy atom. The number of aryl methyl sites for hydroxylation is 1. The van der Waals surface area contributed by atoms with Gasteiger partial charge in [0, 0.05) is 22.9 Å². The first-order chi connectivity index (χ1) is 13.2. The Labute approximate surface area is 166 Å². The Hall–Kier alpha value is -2.44. The topological polar surface area (TPSA) is 56.5 Å². The lowest BCUT2D eigenvalue weighted by atomic mass is 10.2. The molecule has 0 saturated heterocycles. The highest BCUT2D eigenvalue weighted by atomic mass is 35.5. The van der Waals surface area contributed by atoms with E-state index in [0.29, 0.717) is 10.8 Å². The van der Waals surface area contributed by atoms with Crippen molar-refractivity contribution in [2.45, 2.75) is 31.3 Å². The summed E-state index contributed by atoms with van der Waals surface area (Å²) in [5, 5.41) is 10.3. The summed E-state index contributed by atoms with van der Waals surface area (Å²) in [6.45, 7) is 4.86. The fourth-order valence-corrected chi connectivity index (χ4v) is 4.12. The van der Waals surface area contributed by atoms with Crippen LogP contribution in [0.2, 0.25) is 5.02 Å². The van der Waals surface area contributed by atoms with E-state index in [1.165, 1.54) is 0 Å². The molecule has 0 atom stereocenters. The van der Waals surface area contributed by atoms with Crippen LogP contribution in [0.1, 0.15) is 18.3 Å². The van der Waals surface area contributed by atoms with Gasteiger partial charge in [0.05, 0.1) is 22.4 Å². The number of nitrogens with zero attached hydrogens (tertiary/aromatic N) is 5. The van der Waals surface area contributed by atoms with E-state index in [1.54, 1.807) is 11.8 Å². The molecule has 7 heteroatoms. The number of fused-ring (bicyclic) bond motifs is 1. The number of benzene rings is 2. The number of hydrogen-bond donors (Lipinski definition) is 0. The zero-order valence-electron chi connectivity index (χ0n) is 15.1. The highest BCUT2D eigenvalue weighted by Gasteiger charge is 2.15. The summed E-state index contributed by atoms with van der Waals surface area (Å²) in [5.74, 6) is 1.51. The van der Waals surface area contributed by atoms with Crippen molar-refractivity contribution in [1.82, 2.24) is 24.7 Å². The molecule has 0 unspecified atom stereocenters. The van der Waals surface area contributed by atoms with Crippen LogP contribution in [-0.2, 0) is 12.3 Å². The van der Waals surface area contributed by atoms with E-state index in [1.807, 2.05) is 55.5 Å². The number of para-hydroxylation sites is 2. The van der Waals surface area contributed by atoms with Gasteiger partial charge in [-0.05, 0) is 38.1 Å². The summed E-state index contributed by atoms with van der Waals surface area (Å²) in [4.78, 5) is 9.42. The zero-order chi connectivity index (χ0) is 18.8. The first-order valence-electron chi connectivity index (χ1n) is 8.70. The molecule has 0 bridgehead atoms. The minimum atomic E-state index is 0.689. The second kappa shape index (κ2) is 7.66. The third-order valence-electron chi connectivity index (χ3n) is 4.30. The Kier molecular flexibility index (Phi) is 5.09. The Morgan fingerprint density at radius 1 is 1.00 bits per heavy atom. The Bertz CT molecular complexity index is 1110. The van der Waals surface area contributed by atoms with Crippen LogP contribution in [0, 0.1) is 6.92 Å². The molecular formula is C20H18ClN5S. The second-order valence-electron chi connectivity index (χ2n) is 6.09.